The maximum absolute atomic E-state index is 13.4. The van der Waals surface area contributed by atoms with Crippen molar-refractivity contribution < 1.29 is 22.0 Å². The topological polar surface area (TPSA) is 0 Å². The van der Waals surface area contributed by atoms with E-state index >= 15 is 0 Å². The van der Waals surface area contributed by atoms with Crippen LogP contribution < -0.4 is 0 Å². The predicted molar refractivity (Wildman–Crippen MR) is 105 cm³/mol. The molecule has 2 aromatic carbocycles. The standard InChI is InChI=1S/C24H25F5/c25-21-14-20(15-22(26)24(21)29)19-12-10-18(11-13-19)17-8-6-16(7-9-17)4-2-1-3-5-23(27)28/h5,10-17H,1-4,6-9H2. The number of halogens is 5. The van der Waals surface area contributed by atoms with Gasteiger partial charge in [0.15, 0.2) is 17.5 Å². The minimum Gasteiger partial charge on any atom is -0.204 e. The zero-order chi connectivity index (χ0) is 20.8. The lowest BCUT2D eigenvalue weighted by Crippen LogP contribution is -2.13. The minimum absolute atomic E-state index is 0.319. The quantitative estimate of drug-likeness (QED) is 0.245. The summed E-state index contributed by atoms with van der Waals surface area (Å²) >= 11 is 0. The first-order valence-electron chi connectivity index (χ1n) is 10.2. The third-order valence-corrected chi connectivity index (χ3v) is 5.91. The highest BCUT2D eigenvalue weighted by Crippen LogP contribution is 2.38. The molecular formula is C24H25F5. The number of hydrogen-bond acceptors (Lipinski definition) is 0. The van der Waals surface area contributed by atoms with Crippen molar-refractivity contribution in [2.75, 3.05) is 0 Å². The van der Waals surface area contributed by atoms with Crippen LogP contribution in [0.3, 0.4) is 0 Å². The van der Waals surface area contributed by atoms with Crippen molar-refractivity contribution in [2.45, 2.75) is 57.3 Å². The average Bonchev–Trinajstić information content (AvgIpc) is 2.72. The summed E-state index contributed by atoms with van der Waals surface area (Å²) in [6, 6.07) is 9.64. The van der Waals surface area contributed by atoms with Gasteiger partial charge in [0.2, 0.25) is 0 Å². The second-order valence-corrected chi connectivity index (χ2v) is 7.87. The Morgan fingerprint density at radius 1 is 0.828 bits per heavy atom. The van der Waals surface area contributed by atoms with Crippen molar-refractivity contribution >= 4 is 0 Å². The molecule has 0 atom stereocenters. The van der Waals surface area contributed by atoms with Crippen LogP contribution in [0.25, 0.3) is 11.1 Å². The molecule has 2 aromatic rings. The molecule has 0 amide bonds. The molecule has 0 unspecified atom stereocenters. The fourth-order valence-corrected chi connectivity index (χ4v) is 4.24. The smallest absolute Gasteiger partial charge is 0.204 e. The van der Waals surface area contributed by atoms with Gasteiger partial charge < -0.3 is 0 Å². The van der Waals surface area contributed by atoms with Crippen LogP contribution in [-0.4, -0.2) is 0 Å². The molecule has 1 aliphatic rings. The molecule has 156 valence electrons. The Balaban J connectivity index is 1.51. The Bertz CT molecular complexity index is 806. The van der Waals surface area contributed by atoms with Crippen LogP contribution in [0.1, 0.15) is 62.8 Å². The van der Waals surface area contributed by atoms with Crippen molar-refractivity contribution in [1.82, 2.24) is 0 Å². The molecule has 0 aromatic heterocycles. The number of benzene rings is 2. The maximum Gasteiger partial charge on any atom is 0.266 e. The molecular weight excluding hydrogens is 383 g/mol. The molecule has 0 bridgehead atoms. The second kappa shape index (κ2) is 10.0. The lowest BCUT2D eigenvalue weighted by molar-refractivity contribution is 0.303. The first-order chi connectivity index (χ1) is 13.9. The minimum atomic E-state index is -1.59. The van der Waals surface area contributed by atoms with Crippen molar-refractivity contribution in [2.24, 2.45) is 5.92 Å². The number of rotatable bonds is 7. The summed E-state index contributed by atoms with van der Waals surface area (Å²) < 4.78 is 64.0. The number of hydrogen-bond donors (Lipinski definition) is 0. The van der Waals surface area contributed by atoms with Crippen molar-refractivity contribution in [3.63, 3.8) is 0 Å². The van der Waals surface area contributed by atoms with Crippen LogP contribution in [0.15, 0.2) is 48.6 Å². The molecule has 0 aliphatic heterocycles. The summed E-state index contributed by atoms with van der Waals surface area (Å²) in [4.78, 5) is 0. The van der Waals surface area contributed by atoms with Crippen LogP contribution in [0, 0.1) is 23.4 Å². The highest BCUT2D eigenvalue weighted by atomic mass is 19.3. The lowest BCUT2D eigenvalue weighted by atomic mass is 9.77. The molecule has 1 aliphatic carbocycles. The summed E-state index contributed by atoms with van der Waals surface area (Å²) in [5, 5.41) is 0. The van der Waals surface area contributed by atoms with E-state index in [4.69, 9.17) is 0 Å². The first kappa shape index (κ1) is 21.5. The van der Waals surface area contributed by atoms with E-state index in [-0.39, 0.29) is 0 Å². The highest BCUT2D eigenvalue weighted by molar-refractivity contribution is 5.64. The van der Waals surface area contributed by atoms with E-state index in [0.717, 1.165) is 63.2 Å². The fraction of sp³-hybridized carbons (Fsp3) is 0.417. The summed E-state index contributed by atoms with van der Waals surface area (Å²) in [6.45, 7) is 0. The van der Waals surface area contributed by atoms with Gasteiger partial charge in [-0.25, -0.2) is 13.2 Å². The summed E-state index contributed by atoms with van der Waals surface area (Å²) in [6.07, 6.45) is 7.18. The van der Waals surface area contributed by atoms with Crippen LogP contribution in [0.2, 0.25) is 0 Å². The molecule has 29 heavy (non-hydrogen) atoms. The Morgan fingerprint density at radius 2 is 1.45 bits per heavy atom. The molecule has 5 heteroatoms. The SMILES string of the molecule is FC(F)=CCCCCC1CCC(c2ccc(-c3cc(F)c(F)c(F)c3)cc2)CC1. The van der Waals surface area contributed by atoms with E-state index in [1.54, 1.807) is 0 Å². The van der Waals surface area contributed by atoms with E-state index in [0.29, 0.717) is 29.4 Å². The van der Waals surface area contributed by atoms with Gasteiger partial charge in [-0.3, -0.25) is 0 Å². The van der Waals surface area contributed by atoms with Crippen LogP contribution in [0.4, 0.5) is 22.0 Å². The highest BCUT2D eigenvalue weighted by Gasteiger charge is 2.22. The third kappa shape index (κ3) is 5.91. The van der Waals surface area contributed by atoms with E-state index < -0.39 is 23.5 Å². The fourth-order valence-electron chi connectivity index (χ4n) is 4.24. The molecule has 0 radical (unpaired) electrons. The third-order valence-electron chi connectivity index (χ3n) is 5.91. The van der Waals surface area contributed by atoms with Gasteiger partial charge in [0.1, 0.15) is 0 Å². The summed E-state index contributed by atoms with van der Waals surface area (Å²) in [7, 11) is 0. The van der Waals surface area contributed by atoms with Gasteiger partial charge in [0.05, 0.1) is 0 Å². The maximum atomic E-state index is 13.4. The van der Waals surface area contributed by atoms with Gasteiger partial charge >= 0.3 is 0 Å². The number of unbranched alkanes of at least 4 members (excludes halogenated alkanes) is 2. The molecule has 1 saturated carbocycles. The van der Waals surface area contributed by atoms with Gasteiger partial charge in [-0.15, -0.1) is 0 Å². The van der Waals surface area contributed by atoms with Crippen molar-refractivity contribution in [1.29, 1.82) is 0 Å². The Labute approximate surface area is 168 Å². The van der Waals surface area contributed by atoms with Gasteiger partial charge in [-0.05, 0) is 85.3 Å². The number of allylic oxidation sites excluding steroid dienone is 1. The Morgan fingerprint density at radius 3 is 2.03 bits per heavy atom. The monoisotopic (exact) mass is 408 g/mol. The van der Waals surface area contributed by atoms with E-state index in [1.165, 1.54) is 5.56 Å². The summed E-state index contributed by atoms with van der Waals surface area (Å²) in [5.41, 5.74) is 2.18. The van der Waals surface area contributed by atoms with E-state index in [2.05, 4.69) is 0 Å². The molecule has 0 saturated heterocycles. The largest absolute Gasteiger partial charge is 0.266 e. The normalized spacial score (nSPS) is 19.2. The van der Waals surface area contributed by atoms with Crippen molar-refractivity contribution in [3.05, 3.63) is 71.6 Å². The Hall–Kier alpha value is -2.17. The molecule has 3 rings (SSSR count). The Kier molecular flexibility index (Phi) is 7.45. The zero-order valence-electron chi connectivity index (χ0n) is 16.2. The molecule has 1 fully saturated rings. The van der Waals surface area contributed by atoms with Gasteiger partial charge in [-0.1, -0.05) is 37.1 Å². The van der Waals surface area contributed by atoms with Crippen LogP contribution >= 0.6 is 0 Å². The van der Waals surface area contributed by atoms with Crippen LogP contribution in [0.5, 0.6) is 0 Å². The van der Waals surface area contributed by atoms with Crippen LogP contribution in [-0.2, 0) is 0 Å². The van der Waals surface area contributed by atoms with E-state index in [9.17, 15) is 22.0 Å². The van der Waals surface area contributed by atoms with Gasteiger partial charge in [0, 0.05) is 0 Å². The average molecular weight is 408 g/mol. The summed E-state index contributed by atoms with van der Waals surface area (Å²) in [5.74, 6) is -2.70. The predicted octanol–water partition coefficient (Wildman–Crippen LogP) is 8.39. The second-order valence-electron chi connectivity index (χ2n) is 7.87. The zero-order valence-corrected chi connectivity index (χ0v) is 16.2. The van der Waals surface area contributed by atoms with Gasteiger partial charge in [0.25, 0.3) is 6.08 Å². The molecule has 0 nitrogen and oxygen atoms in total. The van der Waals surface area contributed by atoms with Gasteiger partial charge in [-0.2, -0.15) is 8.78 Å². The van der Waals surface area contributed by atoms with E-state index in [1.807, 2.05) is 24.3 Å². The molecule has 0 N–H and O–H groups in total. The lowest BCUT2D eigenvalue weighted by Gasteiger charge is -2.29. The molecule has 0 heterocycles. The molecule has 0 spiro atoms. The van der Waals surface area contributed by atoms with Crippen molar-refractivity contribution in [3.8, 4) is 11.1 Å². The first-order valence-corrected chi connectivity index (χ1v) is 10.2.